The SMILES string of the molecule is CC(=O)O[C@H]1CC[C@@]2(C)C(=CC[C@H]3[C@@H]4CC[C@H]([C@H](C)N)[C@@]4(C)CC[C@@H]32)C1. The zero-order valence-corrected chi connectivity index (χ0v) is 17.1. The van der Waals surface area contributed by atoms with Crippen LogP contribution in [0.4, 0.5) is 0 Å². The van der Waals surface area contributed by atoms with E-state index in [-0.39, 0.29) is 12.1 Å². The monoisotopic (exact) mass is 359 g/mol. The Bertz CT molecular complexity index is 611. The van der Waals surface area contributed by atoms with Gasteiger partial charge < -0.3 is 10.5 Å². The molecule has 0 radical (unpaired) electrons. The fraction of sp³-hybridized carbons (Fsp3) is 0.870. The zero-order chi connectivity index (χ0) is 18.7. The highest BCUT2D eigenvalue weighted by atomic mass is 16.5. The lowest BCUT2D eigenvalue weighted by molar-refractivity contribution is -0.148. The van der Waals surface area contributed by atoms with Crippen molar-refractivity contribution in [1.82, 2.24) is 0 Å². The molecule has 146 valence electrons. The predicted molar refractivity (Wildman–Crippen MR) is 104 cm³/mol. The fourth-order valence-electron chi connectivity index (χ4n) is 7.87. The van der Waals surface area contributed by atoms with Gasteiger partial charge in [-0.25, -0.2) is 0 Å². The van der Waals surface area contributed by atoms with Crippen molar-refractivity contribution >= 4 is 5.97 Å². The highest BCUT2D eigenvalue weighted by molar-refractivity contribution is 5.66. The second-order valence-corrected chi connectivity index (χ2v) is 10.3. The lowest BCUT2D eigenvalue weighted by Gasteiger charge is -2.58. The summed E-state index contributed by atoms with van der Waals surface area (Å²) in [5, 5.41) is 0. The number of carbonyl (C=O) groups is 1. The number of esters is 1. The van der Waals surface area contributed by atoms with Crippen LogP contribution in [0.25, 0.3) is 0 Å². The molecule has 4 rings (SSSR count). The van der Waals surface area contributed by atoms with Crippen molar-refractivity contribution in [1.29, 1.82) is 0 Å². The number of rotatable bonds is 2. The summed E-state index contributed by atoms with van der Waals surface area (Å²) in [6, 6.07) is 0.325. The summed E-state index contributed by atoms with van der Waals surface area (Å²) in [5.74, 6) is 3.06. The maximum Gasteiger partial charge on any atom is 0.302 e. The number of carbonyl (C=O) groups excluding carboxylic acids is 1. The molecule has 3 heteroatoms. The van der Waals surface area contributed by atoms with E-state index in [1.165, 1.54) is 45.4 Å². The number of hydrogen-bond donors (Lipinski definition) is 1. The third-order valence-corrected chi connectivity index (χ3v) is 9.10. The molecule has 0 aromatic rings. The first-order chi connectivity index (χ1) is 12.3. The maximum atomic E-state index is 11.4. The minimum absolute atomic E-state index is 0.103. The molecule has 3 saturated carbocycles. The Labute approximate surface area is 159 Å². The van der Waals surface area contributed by atoms with Gasteiger partial charge in [-0.1, -0.05) is 25.5 Å². The van der Waals surface area contributed by atoms with Gasteiger partial charge in [0.25, 0.3) is 0 Å². The molecule has 0 unspecified atom stereocenters. The normalized spacial score (nSPS) is 48.7. The molecule has 3 nitrogen and oxygen atoms in total. The molecular weight excluding hydrogens is 322 g/mol. The van der Waals surface area contributed by atoms with E-state index in [1.54, 1.807) is 5.57 Å². The lowest BCUT2D eigenvalue weighted by Crippen LogP contribution is -2.52. The fourth-order valence-corrected chi connectivity index (χ4v) is 7.87. The summed E-state index contributed by atoms with van der Waals surface area (Å²) < 4.78 is 5.55. The number of fused-ring (bicyclic) bond motifs is 5. The van der Waals surface area contributed by atoms with E-state index in [9.17, 15) is 4.79 Å². The Kier molecular flexibility index (Phi) is 4.53. The minimum Gasteiger partial charge on any atom is -0.462 e. The van der Waals surface area contributed by atoms with Crippen LogP contribution in [0, 0.1) is 34.5 Å². The van der Waals surface area contributed by atoms with Gasteiger partial charge >= 0.3 is 5.97 Å². The molecule has 0 heterocycles. The van der Waals surface area contributed by atoms with Crippen molar-refractivity contribution in [3.63, 3.8) is 0 Å². The largest absolute Gasteiger partial charge is 0.462 e. The average molecular weight is 360 g/mol. The zero-order valence-electron chi connectivity index (χ0n) is 17.1. The number of ether oxygens (including phenoxy) is 1. The van der Waals surface area contributed by atoms with Gasteiger partial charge in [-0.05, 0) is 86.4 Å². The van der Waals surface area contributed by atoms with Crippen molar-refractivity contribution < 1.29 is 9.53 Å². The van der Waals surface area contributed by atoms with Gasteiger partial charge in [-0.3, -0.25) is 4.79 Å². The van der Waals surface area contributed by atoms with Crippen molar-refractivity contribution in [3.05, 3.63) is 11.6 Å². The summed E-state index contributed by atoms with van der Waals surface area (Å²) in [5.41, 5.74) is 8.75. The quantitative estimate of drug-likeness (QED) is 0.567. The van der Waals surface area contributed by atoms with Crippen molar-refractivity contribution in [3.8, 4) is 0 Å². The number of hydrogen-bond acceptors (Lipinski definition) is 3. The summed E-state index contributed by atoms with van der Waals surface area (Å²) in [4.78, 5) is 11.4. The van der Waals surface area contributed by atoms with E-state index >= 15 is 0 Å². The van der Waals surface area contributed by atoms with Gasteiger partial charge in [0.1, 0.15) is 6.10 Å². The minimum atomic E-state index is -0.130. The van der Waals surface area contributed by atoms with Crippen LogP contribution in [-0.4, -0.2) is 18.1 Å². The van der Waals surface area contributed by atoms with Crippen molar-refractivity contribution in [2.75, 3.05) is 0 Å². The first-order valence-corrected chi connectivity index (χ1v) is 10.9. The molecule has 0 aliphatic heterocycles. The Hall–Kier alpha value is -0.830. The van der Waals surface area contributed by atoms with Crippen LogP contribution in [0.5, 0.6) is 0 Å². The number of allylic oxidation sites excluding steroid dienone is 1. The molecule has 0 bridgehead atoms. The molecule has 0 aromatic heterocycles. The molecule has 3 fully saturated rings. The van der Waals surface area contributed by atoms with Gasteiger partial charge in [0, 0.05) is 19.4 Å². The van der Waals surface area contributed by atoms with Crippen LogP contribution in [0.1, 0.15) is 79.1 Å². The highest BCUT2D eigenvalue weighted by Crippen LogP contribution is 2.66. The molecule has 2 N–H and O–H groups in total. The van der Waals surface area contributed by atoms with Crippen LogP contribution >= 0.6 is 0 Å². The van der Waals surface area contributed by atoms with Crippen LogP contribution in [0.3, 0.4) is 0 Å². The van der Waals surface area contributed by atoms with E-state index in [2.05, 4.69) is 26.8 Å². The summed E-state index contributed by atoms with van der Waals surface area (Å²) in [7, 11) is 0. The number of nitrogens with two attached hydrogens (primary N) is 1. The van der Waals surface area contributed by atoms with Crippen LogP contribution < -0.4 is 5.73 Å². The van der Waals surface area contributed by atoms with E-state index in [0.717, 1.165) is 30.6 Å². The molecule has 8 atom stereocenters. The van der Waals surface area contributed by atoms with E-state index in [1.807, 2.05) is 0 Å². The van der Waals surface area contributed by atoms with E-state index in [0.29, 0.717) is 22.8 Å². The molecular formula is C23H37NO2. The topological polar surface area (TPSA) is 52.3 Å². The van der Waals surface area contributed by atoms with Gasteiger partial charge in [-0.2, -0.15) is 0 Å². The average Bonchev–Trinajstić information content (AvgIpc) is 2.92. The Morgan fingerprint density at radius 3 is 2.65 bits per heavy atom. The van der Waals surface area contributed by atoms with Crippen LogP contribution in [0.15, 0.2) is 11.6 Å². The predicted octanol–water partition coefficient (Wildman–Crippen LogP) is 4.84. The molecule has 4 aliphatic carbocycles. The van der Waals surface area contributed by atoms with Gasteiger partial charge in [0.15, 0.2) is 0 Å². The maximum absolute atomic E-state index is 11.4. The standard InChI is InChI=1S/C23H37NO2/c1-14(24)19-7-8-20-18-6-5-16-13-17(26-15(2)25)9-11-22(16,3)21(18)10-12-23(19,20)4/h5,14,17-21H,6-13,24H2,1-4H3/t14-,17-,18-,19+,20-,21-,22-,23+/m0/s1. The Balaban J connectivity index is 1.58. The lowest BCUT2D eigenvalue weighted by atomic mass is 9.47. The molecule has 0 aromatic carbocycles. The van der Waals surface area contributed by atoms with Crippen LogP contribution in [-0.2, 0) is 9.53 Å². The second kappa shape index (κ2) is 6.36. The molecule has 0 saturated heterocycles. The Morgan fingerprint density at radius 1 is 1.19 bits per heavy atom. The summed E-state index contributed by atoms with van der Waals surface area (Å²) in [6.07, 6.45) is 12.4. The first-order valence-electron chi connectivity index (χ1n) is 10.9. The second-order valence-electron chi connectivity index (χ2n) is 10.3. The molecule has 0 spiro atoms. The van der Waals surface area contributed by atoms with Crippen LogP contribution in [0.2, 0.25) is 0 Å². The smallest absolute Gasteiger partial charge is 0.302 e. The van der Waals surface area contributed by atoms with Gasteiger partial charge in [0.05, 0.1) is 0 Å². The van der Waals surface area contributed by atoms with Crippen molar-refractivity contribution in [2.45, 2.75) is 91.2 Å². The Morgan fingerprint density at radius 2 is 1.96 bits per heavy atom. The molecule has 26 heavy (non-hydrogen) atoms. The summed E-state index contributed by atoms with van der Waals surface area (Å²) >= 11 is 0. The van der Waals surface area contributed by atoms with E-state index in [4.69, 9.17) is 10.5 Å². The summed E-state index contributed by atoms with van der Waals surface area (Å²) in [6.45, 7) is 8.82. The van der Waals surface area contributed by atoms with Gasteiger partial charge in [0.2, 0.25) is 0 Å². The third-order valence-electron chi connectivity index (χ3n) is 9.10. The van der Waals surface area contributed by atoms with E-state index < -0.39 is 0 Å². The highest BCUT2D eigenvalue weighted by Gasteiger charge is 2.59. The first kappa shape index (κ1) is 18.5. The molecule has 0 amide bonds. The third kappa shape index (κ3) is 2.68. The van der Waals surface area contributed by atoms with Crippen molar-refractivity contribution in [2.24, 2.45) is 40.2 Å². The van der Waals surface area contributed by atoms with Gasteiger partial charge in [-0.15, -0.1) is 0 Å². The molecule has 4 aliphatic rings.